The van der Waals surface area contributed by atoms with E-state index in [-0.39, 0.29) is 19.4 Å². The molecule has 0 saturated heterocycles. The molecule has 0 bridgehead atoms. The van der Waals surface area contributed by atoms with Gasteiger partial charge in [0.25, 0.3) is 0 Å². The highest BCUT2D eigenvalue weighted by Crippen LogP contribution is 2.43. The highest BCUT2D eigenvalue weighted by atomic mass is 31.2. The van der Waals surface area contributed by atoms with Gasteiger partial charge in [-0.15, -0.1) is 0 Å². The number of aliphatic hydroxyl groups is 2. The van der Waals surface area contributed by atoms with Crippen molar-refractivity contribution < 1.29 is 47.8 Å². The first-order valence-electron chi connectivity index (χ1n) is 21.4. The number of unbranched alkanes of at least 4 members (excludes halogenated alkanes) is 20. The van der Waals surface area contributed by atoms with E-state index in [0.717, 1.165) is 64.2 Å². The van der Waals surface area contributed by atoms with E-state index in [1.807, 2.05) is 0 Å². The lowest BCUT2D eigenvalue weighted by Crippen LogP contribution is -2.29. The molecule has 0 aliphatic rings. The van der Waals surface area contributed by atoms with Crippen LogP contribution in [0.2, 0.25) is 0 Å². The van der Waals surface area contributed by atoms with Gasteiger partial charge < -0.3 is 24.6 Å². The molecule has 1 unspecified atom stereocenters. The van der Waals surface area contributed by atoms with Crippen molar-refractivity contribution in [3.8, 4) is 0 Å². The molecular formula is C43H79O10P. The number of hydrogen-bond donors (Lipinski definition) is 3. The summed E-state index contributed by atoms with van der Waals surface area (Å²) in [5.74, 6) is -0.942. The zero-order valence-electron chi connectivity index (χ0n) is 34.2. The number of rotatable bonds is 40. The van der Waals surface area contributed by atoms with E-state index in [1.165, 1.54) is 83.5 Å². The van der Waals surface area contributed by atoms with E-state index >= 15 is 0 Å². The zero-order valence-corrected chi connectivity index (χ0v) is 35.1. The van der Waals surface area contributed by atoms with Crippen molar-refractivity contribution in [2.45, 2.75) is 199 Å². The number of phosphoric ester groups is 1. The molecule has 0 aliphatic heterocycles. The fourth-order valence-electron chi connectivity index (χ4n) is 5.65. The molecule has 0 spiro atoms. The second-order valence-electron chi connectivity index (χ2n) is 14.4. The van der Waals surface area contributed by atoms with Gasteiger partial charge in [-0.3, -0.25) is 18.6 Å². The zero-order chi connectivity index (χ0) is 39.8. The third-order valence-electron chi connectivity index (χ3n) is 9.02. The molecule has 0 amide bonds. The van der Waals surface area contributed by atoms with Crippen molar-refractivity contribution in [2.75, 3.05) is 26.4 Å². The summed E-state index contributed by atoms with van der Waals surface area (Å²) in [5.41, 5.74) is 0. The molecule has 0 heterocycles. The summed E-state index contributed by atoms with van der Waals surface area (Å²) in [7, 11) is -4.62. The Morgan fingerprint density at radius 1 is 0.556 bits per heavy atom. The smallest absolute Gasteiger partial charge is 0.462 e. The van der Waals surface area contributed by atoms with Crippen molar-refractivity contribution in [1.82, 2.24) is 0 Å². The average molecular weight is 787 g/mol. The van der Waals surface area contributed by atoms with Crippen LogP contribution in [0.5, 0.6) is 0 Å². The van der Waals surface area contributed by atoms with Crippen LogP contribution in [-0.2, 0) is 32.7 Å². The first kappa shape index (κ1) is 52.2. The molecule has 3 atom stereocenters. The number of ether oxygens (including phenoxy) is 2. The lowest BCUT2D eigenvalue weighted by atomic mass is 10.1. The minimum absolute atomic E-state index is 0.168. The summed E-state index contributed by atoms with van der Waals surface area (Å²) < 4.78 is 32.7. The molecular weight excluding hydrogens is 707 g/mol. The fourth-order valence-corrected chi connectivity index (χ4v) is 6.44. The Morgan fingerprint density at radius 3 is 1.50 bits per heavy atom. The van der Waals surface area contributed by atoms with Gasteiger partial charge in [0, 0.05) is 12.8 Å². The summed E-state index contributed by atoms with van der Waals surface area (Å²) in [5, 5.41) is 18.3. The Kier molecular flexibility index (Phi) is 38.1. The Hall–Kier alpha value is -1.81. The van der Waals surface area contributed by atoms with Gasteiger partial charge in [-0.2, -0.15) is 0 Å². The molecule has 0 aromatic rings. The number of phosphoric acid groups is 1. The Morgan fingerprint density at radius 2 is 0.981 bits per heavy atom. The van der Waals surface area contributed by atoms with E-state index in [4.69, 9.17) is 19.1 Å². The van der Waals surface area contributed by atoms with E-state index in [2.05, 4.69) is 54.8 Å². The van der Waals surface area contributed by atoms with E-state index in [0.29, 0.717) is 12.8 Å². The van der Waals surface area contributed by atoms with Crippen LogP contribution in [0.3, 0.4) is 0 Å². The summed E-state index contributed by atoms with van der Waals surface area (Å²) in [6.07, 6.45) is 39.6. The predicted molar refractivity (Wildman–Crippen MR) is 219 cm³/mol. The van der Waals surface area contributed by atoms with Gasteiger partial charge in [0.05, 0.1) is 19.8 Å². The fraction of sp³-hybridized carbons (Fsp3) is 0.814. The number of carbonyl (C=O) groups excluding carboxylic acids is 2. The van der Waals surface area contributed by atoms with Crippen LogP contribution in [0.1, 0.15) is 187 Å². The van der Waals surface area contributed by atoms with Crippen LogP contribution in [0.4, 0.5) is 0 Å². The summed E-state index contributed by atoms with van der Waals surface area (Å²) in [4.78, 5) is 34.9. The van der Waals surface area contributed by atoms with Crippen LogP contribution in [0.15, 0.2) is 36.5 Å². The van der Waals surface area contributed by atoms with Crippen molar-refractivity contribution in [2.24, 2.45) is 0 Å². The first-order chi connectivity index (χ1) is 26.2. The van der Waals surface area contributed by atoms with Gasteiger partial charge in [0.2, 0.25) is 0 Å². The Balaban J connectivity index is 4.30. The van der Waals surface area contributed by atoms with E-state index < -0.39 is 51.8 Å². The number of allylic oxidation sites excluding steroid dienone is 6. The maximum atomic E-state index is 12.6. The molecule has 0 aromatic carbocycles. The van der Waals surface area contributed by atoms with Crippen molar-refractivity contribution in [3.63, 3.8) is 0 Å². The standard InChI is InChI=1S/C43H79O10P/c1-3-5-7-9-11-13-15-17-19-20-21-23-24-26-28-30-32-34-42(46)50-38-41(39-52-54(48,49)51-37-40(45)36-44)53-43(47)35-33-31-29-27-25-22-18-16-14-12-10-8-6-4-2/h10,12-13,15-16,18,40-41,44-45H,3-9,11,14,17,19-39H2,1-2H3,(H,48,49)/b12-10+,15-13+,18-16+/t40-,41+/m0/s1. The van der Waals surface area contributed by atoms with Crippen molar-refractivity contribution >= 4 is 19.8 Å². The minimum atomic E-state index is -4.62. The Labute approximate surface area is 329 Å². The van der Waals surface area contributed by atoms with Crippen LogP contribution in [-0.4, -0.2) is 65.7 Å². The molecule has 0 radical (unpaired) electrons. The van der Waals surface area contributed by atoms with Gasteiger partial charge in [0.1, 0.15) is 12.7 Å². The van der Waals surface area contributed by atoms with Crippen LogP contribution in [0, 0.1) is 0 Å². The van der Waals surface area contributed by atoms with E-state index in [9.17, 15) is 24.2 Å². The largest absolute Gasteiger partial charge is 0.472 e. The maximum Gasteiger partial charge on any atom is 0.472 e. The highest BCUT2D eigenvalue weighted by Gasteiger charge is 2.27. The number of aliphatic hydroxyl groups excluding tert-OH is 2. The number of carbonyl (C=O) groups is 2. The summed E-state index contributed by atoms with van der Waals surface area (Å²) in [6, 6.07) is 0. The molecule has 10 nitrogen and oxygen atoms in total. The van der Waals surface area contributed by atoms with Crippen molar-refractivity contribution in [3.05, 3.63) is 36.5 Å². The van der Waals surface area contributed by atoms with Gasteiger partial charge in [0.15, 0.2) is 6.10 Å². The van der Waals surface area contributed by atoms with Gasteiger partial charge in [-0.25, -0.2) is 4.57 Å². The number of hydrogen-bond acceptors (Lipinski definition) is 9. The highest BCUT2D eigenvalue weighted by molar-refractivity contribution is 7.47. The monoisotopic (exact) mass is 787 g/mol. The quantitative estimate of drug-likeness (QED) is 0.0237. The second kappa shape index (κ2) is 39.4. The summed E-state index contributed by atoms with van der Waals surface area (Å²) >= 11 is 0. The average Bonchev–Trinajstić information content (AvgIpc) is 3.16. The predicted octanol–water partition coefficient (Wildman–Crippen LogP) is 11.2. The SMILES string of the molecule is CCCC/C=C/C/C=C/CCCCCCCC(=O)O[C@H](COC(=O)CCCCCCCCCCC/C=C/CCCCCC)COP(=O)(O)OC[C@@H](O)CO. The third kappa shape index (κ3) is 38.5. The summed E-state index contributed by atoms with van der Waals surface area (Å²) in [6.45, 7) is 2.31. The molecule has 54 heavy (non-hydrogen) atoms. The molecule has 316 valence electrons. The van der Waals surface area contributed by atoms with Crippen LogP contribution < -0.4 is 0 Å². The number of esters is 2. The maximum absolute atomic E-state index is 12.6. The first-order valence-corrected chi connectivity index (χ1v) is 22.9. The van der Waals surface area contributed by atoms with Crippen LogP contribution in [0.25, 0.3) is 0 Å². The molecule has 3 N–H and O–H groups in total. The van der Waals surface area contributed by atoms with Gasteiger partial charge in [-0.1, -0.05) is 147 Å². The van der Waals surface area contributed by atoms with Crippen LogP contribution >= 0.6 is 7.82 Å². The normalized spacial score (nSPS) is 14.2. The van der Waals surface area contributed by atoms with Gasteiger partial charge in [-0.05, 0) is 64.2 Å². The lowest BCUT2D eigenvalue weighted by molar-refractivity contribution is -0.161. The molecule has 0 aromatic heterocycles. The lowest BCUT2D eigenvalue weighted by Gasteiger charge is -2.20. The van der Waals surface area contributed by atoms with Crippen molar-refractivity contribution in [1.29, 1.82) is 0 Å². The molecule has 11 heteroatoms. The van der Waals surface area contributed by atoms with Gasteiger partial charge >= 0.3 is 19.8 Å². The second-order valence-corrected chi connectivity index (χ2v) is 15.8. The third-order valence-corrected chi connectivity index (χ3v) is 9.97. The molecule has 0 fully saturated rings. The van der Waals surface area contributed by atoms with E-state index in [1.54, 1.807) is 0 Å². The topological polar surface area (TPSA) is 149 Å². The molecule has 0 rings (SSSR count). The minimum Gasteiger partial charge on any atom is -0.462 e. The molecule has 0 aliphatic carbocycles. The molecule has 0 saturated carbocycles. The Bertz CT molecular complexity index is 999.